The van der Waals surface area contributed by atoms with Crippen LogP contribution < -0.4 is 0 Å². The maximum absolute atomic E-state index is 12.4. The van der Waals surface area contributed by atoms with Gasteiger partial charge in [0.25, 0.3) is 0 Å². The van der Waals surface area contributed by atoms with Crippen LogP contribution in [0.25, 0.3) is 0 Å². The van der Waals surface area contributed by atoms with Crippen LogP contribution in [0.5, 0.6) is 0 Å². The number of hydrogen-bond donors (Lipinski definition) is 3. The molecule has 7 heteroatoms. The van der Waals surface area contributed by atoms with E-state index in [9.17, 15) is 20.1 Å². The first-order valence-electron chi connectivity index (χ1n) is 10.3. The van der Waals surface area contributed by atoms with Crippen LogP contribution in [0.2, 0.25) is 0 Å². The molecule has 3 aliphatic heterocycles. The van der Waals surface area contributed by atoms with Gasteiger partial charge in [-0.1, -0.05) is 20.4 Å². The van der Waals surface area contributed by atoms with Crippen LogP contribution in [-0.2, 0) is 19.0 Å². The number of esters is 1. The zero-order chi connectivity index (χ0) is 20.2. The van der Waals surface area contributed by atoms with Crippen molar-refractivity contribution >= 4 is 5.97 Å². The van der Waals surface area contributed by atoms with Crippen molar-refractivity contribution in [3.8, 4) is 0 Å². The molecular formula is C21H30O7. The van der Waals surface area contributed by atoms with Crippen LogP contribution in [0.1, 0.15) is 39.5 Å². The zero-order valence-electron chi connectivity index (χ0n) is 16.6. The van der Waals surface area contributed by atoms with Crippen molar-refractivity contribution < 1.29 is 34.3 Å². The van der Waals surface area contributed by atoms with Crippen molar-refractivity contribution in [2.24, 2.45) is 34.5 Å². The van der Waals surface area contributed by atoms with Gasteiger partial charge in [0.1, 0.15) is 12.2 Å². The molecule has 0 aromatic heterocycles. The topological polar surface area (TPSA) is 105 Å². The Bertz CT molecular complexity index is 734. The van der Waals surface area contributed by atoms with Crippen LogP contribution >= 0.6 is 0 Å². The Hall–Kier alpha value is -0.990. The zero-order valence-corrected chi connectivity index (χ0v) is 16.6. The highest BCUT2D eigenvalue weighted by atomic mass is 16.7. The van der Waals surface area contributed by atoms with Crippen molar-refractivity contribution in [2.75, 3.05) is 7.11 Å². The molecule has 4 bridgehead atoms. The lowest BCUT2D eigenvalue weighted by Gasteiger charge is -2.74. The molecule has 3 N–H and O–H groups in total. The van der Waals surface area contributed by atoms with Gasteiger partial charge in [0.15, 0.2) is 12.1 Å². The molecule has 10 atom stereocenters. The number of rotatable bonds is 1. The summed E-state index contributed by atoms with van der Waals surface area (Å²) in [4.78, 5) is 12.4. The minimum absolute atomic E-state index is 0.115. The van der Waals surface area contributed by atoms with E-state index in [1.165, 1.54) is 7.11 Å². The molecule has 1 spiro atoms. The summed E-state index contributed by atoms with van der Waals surface area (Å²) in [6.45, 7) is 7.99. The van der Waals surface area contributed by atoms with Crippen molar-refractivity contribution in [3.05, 3.63) is 12.2 Å². The Morgan fingerprint density at radius 1 is 1.25 bits per heavy atom. The highest BCUT2D eigenvalue weighted by Crippen LogP contribution is 2.72. The Kier molecular flexibility index (Phi) is 3.78. The van der Waals surface area contributed by atoms with Crippen molar-refractivity contribution in [2.45, 2.75) is 69.9 Å². The summed E-state index contributed by atoms with van der Waals surface area (Å²) in [5.74, 6) is -3.60. The van der Waals surface area contributed by atoms with E-state index in [1.54, 1.807) is 0 Å². The molecule has 3 aliphatic carbocycles. The fourth-order valence-corrected chi connectivity index (χ4v) is 7.65. The maximum Gasteiger partial charge on any atom is 0.333 e. The van der Waals surface area contributed by atoms with Gasteiger partial charge in [-0.15, -0.1) is 0 Å². The predicted molar refractivity (Wildman–Crippen MR) is 96.5 cm³/mol. The fourth-order valence-electron chi connectivity index (χ4n) is 7.65. The second-order valence-electron chi connectivity index (χ2n) is 10.2. The van der Waals surface area contributed by atoms with Crippen LogP contribution in [0.4, 0.5) is 0 Å². The van der Waals surface area contributed by atoms with E-state index in [0.29, 0.717) is 31.3 Å². The molecule has 0 aromatic carbocycles. The predicted octanol–water partition coefficient (Wildman–Crippen LogP) is 0.960. The molecule has 156 valence electrons. The molecule has 6 rings (SSSR count). The van der Waals surface area contributed by atoms with Crippen LogP contribution in [0.3, 0.4) is 0 Å². The SMILES string of the molecule is C=C1C(=O)OC2C[C@@H]1C[C@H]1C2[C@@]23C(OC)O[C@@]1(O)[C@@H](O)[C@@H]2C(C)(C)CC[C@@H]3O. The minimum Gasteiger partial charge on any atom is -0.459 e. The number of aliphatic hydroxyl groups excluding tert-OH is 2. The van der Waals surface area contributed by atoms with E-state index < -0.39 is 53.6 Å². The van der Waals surface area contributed by atoms with Gasteiger partial charge in [0.05, 0.1) is 11.5 Å². The number of methoxy groups -OCH3 is 1. The molecule has 3 saturated heterocycles. The molecule has 0 aromatic rings. The average Bonchev–Trinajstić information content (AvgIpc) is 2.64. The van der Waals surface area contributed by atoms with Gasteiger partial charge in [0.2, 0.25) is 0 Å². The highest BCUT2D eigenvalue weighted by Gasteiger charge is 2.81. The molecular weight excluding hydrogens is 364 g/mol. The summed E-state index contributed by atoms with van der Waals surface area (Å²) >= 11 is 0. The van der Waals surface area contributed by atoms with E-state index in [-0.39, 0.29) is 17.3 Å². The number of hydrogen-bond acceptors (Lipinski definition) is 7. The molecule has 0 radical (unpaired) electrons. The van der Waals surface area contributed by atoms with Crippen LogP contribution in [0, 0.1) is 34.5 Å². The molecule has 7 nitrogen and oxygen atoms in total. The monoisotopic (exact) mass is 394 g/mol. The Labute approximate surface area is 164 Å². The second kappa shape index (κ2) is 5.58. The first-order valence-corrected chi connectivity index (χ1v) is 10.3. The lowest BCUT2D eigenvalue weighted by atomic mass is 9.38. The van der Waals surface area contributed by atoms with Crippen molar-refractivity contribution in [1.82, 2.24) is 0 Å². The van der Waals surface area contributed by atoms with Crippen LogP contribution in [0.15, 0.2) is 12.2 Å². The standard InChI is InChI=1S/C21H30O7/c1-9-10-7-11-14(12(8-10)27-17(9)24)20-13(22)5-6-19(2,3)15(20)16(23)21(11,25)28-18(20)26-4/h10-16,18,22-23,25H,1,5-8H2,2-4H3/t10-,11-,12?,13-,14?,15+,16-,18?,20+,21+/m0/s1. The van der Waals surface area contributed by atoms with E-state index in [2.05, 4.69) is 20.4 Å². The quantitative estimate of drug-likeness (QED) is 0.449. The summed E-state index contributed by atoms with van der Waals surface area (Å²) in [5, 5.41) is 34.4. The largest absolute Gasteiger partial charge is 0.459 e. The van der Waals surface area contributed by atoms with Gasteiger partial charge in [-0.25, -0.2) is 4.79 Å². The third-order valence-corrected chi connectivity index (χ3v) is 8.69. The Morgan fingerprint density at radius 2 is 1.96 bits per heavy atom. The third kappa shape index (κ3) is 1.95. The van der Waals surface area contributed by atoms with Crippen molar-refractivity contribution in [1.29, 1.82) is 0 Å². The minimum atomic E-state index is -1.81. The first kappa shape index (κ1) is 19.0. The first-order chi connectivity index (χ1) is 13.1. The molecule has 6 aliphatic rings. The van der Waals surface area contributed by atoms with Gasteiger partial charge in [0, 0.05) is 30.4 Å². The van der Waals surface area contributed by atoms with Gasteiger partial charge in [-0.05, 0) is 37.0 Å². The summed E-state index contributed by atoms with van der Waals surface area (Å²) in [7, 11) is 1.50. The summed E-state index contributed by atoms with van der Waals surface area (Å²) < 4.78 is 17.5. The Balaban J connectivity index is 1.73. The molecule has 6 fully saturated rings. The molecule has 3 unspecified atom stereocenters. The summed E-state index contributed by atoms with van der Waals surface area (Å²) in [6, 6.07) is 0. The van der Waals surface area contributed by atoms with Gasteiger partial charge in [-0.3, -0.25) is 0 Å². The van der Waals surface area contributed by atoms with E-state index >= 15 is 0 Å². The number of fused-ring (bicyclic) bond motifs is 3. The lowest BCUT2D eigenvalue weighted by Crippen LogP contribution is -2.84. The Morgan fingerprint density at radius 3 is 2.64 bits per heavy atom. The number of carbonyl (C=O) groups is 1. The van der Waals surface area contributed by atoms with Gasteiger partial charge < -0.3 is 29.5 Å². The normalized spacial score (nSPS) is 56.6. The summed E-state index contributed by atoms with van der Waals surface area (Å²) in [5.41, 5.74) is -0.896. The lowest BCUT2D eigenvalue weighted by molar-refractivity contribution is -0.496. The summed E-state index contributed by atoms with van der Waals surface area (Å²) in [6.07, 6.45) is -0.953. The smallest absolute Gasteiger partial charge is 0.333 e. The molecule has 3 saturated carbocycles. The van der Waals surface area contributed by atoms with Gasteiger partial charge in [-0.2, -0.15) is 0 Å². The van der Waals surface area contributed by atoms with E-state index in [4.69, 9.17) is 14.2 Å². The fraction of sp³-hybridized carbons (Fsp3) is 0.857. The second-order valence-corrected chi connectivity index (χ2v) is 10.2. The molecule has 3 heterocycles. The number of ether oxygens (including phenoxy) is 3. The van der Waals surface area contributed by atoms with E-state index in [1.807, 2.05) is 0 Å². The molecule has 28 heavy (non-hydrogen) atoms. The van der Waals surface area contributed by atoms with Crippen molar-refractivity contribution in [3.63, 3.8) is 0 Å². The third-order valence-electron chi connectivity index (χ3n) is 8.69. The van der Waals surface area contributed by atoms with Gasteiger partial charge >= 0.3 is 5.97 Å². The number of aliphatic hydroxyl groups is 3. The number of carbonyl (C=O) groups excluding carboxylic acids is 1. The highest BCUT2D eigenvalue weighted by molar-refractivity contribution is 5.89. The van der Waals surface area contributed by atoms with Crippen LogP contribution in [-0.4, -0.2) is 58.8 Å². The maximum atomic E-state index is 12.4. The molecule has 0 amide bonds. The average molecular weight is 394 g/mol. The van der Waals surface area contributed by atoms with E-state index in [0.717, 1.165) is 0 Å².